The molecular weight excluding hydrogens is 466 g/mol. The zero-order valence-electron chi connectivity index (χ0n) is 16.6. The molecule has 0 saturated heterocycles. The summed E-state index contributed by atoms with van der Waals surface area (Å²) >= 11 is 0. The number of benzene rings is 2. The van der Waals surface area contributed by atoms with Gasteiger partial charge in [-0.05, 0) is 42.5 Å². The monoisotopic (exact) mass is 481 g/mol. The van der Waals surface area contributed by atoms with Gasteiger partial charge in [-0.1, -0.05) is 12.1 Å². The van der Waals surface area contributed by atoms with Gasteiger partial charge in [0.05, 0.1) is 10.5 Å². The molecule has 2 heterocycles. The molecule has 0 aliphatic carbocycles. The van der Waals surface area contributed by atoms with Crippen LogP contribution < -0.4 is 9.46 Å². The average molecular weight is 481 g/mol. The maximum atomic E-state index is 13.2. The molecule has 0 aliphatic heterocycles. The van der Waals surface area contributed by atoms with Crippen molar-refractivity contribution in [3.8, 4) is 17.3 Å². The average Bonchev–Trinajstić information content (AvgIpc) is 3.20. The summed E-state index contributed by atoms with van der Waals surface area (Å²) < 4.78 is 86.1. The summed E-state index contributed by atoms with van der Waals surface area (Å²) in [5, 5.41) is 12.2. The number of nitrogens with zero attached hydrogens (tertiary/aromatic N) is 4. The molecule has 1 N–H and O–H groups in total. The molecule has 4 rings (SSSR count). The molecule has 2 aromatic carbocycles. The zero-order valence-corrected chi connectivity index (χ0v) is 17.4. The smallest absolute Gasteiger partial charge is 0.417 e. The van der Waals surface area contributed by atoms with Gasteiger partial charge in [0.25, 0.3) is 0 Å². The Hall–Kier alpha value is -3.58. The Bertz CT molecular complexity index is 1390. The van der Waals surface area contributed by atoms with E-state index in [1.54, 1.807) is 6.07 Å². The van der Waals surface area contributed by atoms with Gasteiger partial charge >= 0.3 is 6.18 Å². The molecule has 0 spiro atoms. The van der Waals surface area contributed by atoms with Crippen molar-refractivity contribution in [3.05, 3.63) is 72.0 Å². The molecule has 4 aromatic rings. The fraction of sp³-hybridized carbons (Fsp3) is 0.150. The molecule has 0 bridgehead atoms. The van der Waals surface area contributed by atoms with Gasteiger partial charge in [-0.25, -0.2) is 17.5 Å². The van der Waals surface area contributed by atoms with Crippen LogP contribution in [0, 0.1) is 5.82 Å². The van der Waals surface area contributed by atoms with Gasteiger partial charge in [0.15, 0.2) is 11.5 Å². The van der Waals surface area contributed by atoms with Crippen LogP contribution in [0.2, 0.25) is 0 Å². The van der Waals surface area contributed by atoms with Crippen molar-refractivity contribution < 1.29 is 30.7 Å². The van der Waals surface area contributed by atoms with Crippen molar-refractivity contribution in [2.75, 3.05) is 13.2 Å². The van der Waals surface area contributed by atoms with E-state index < -0.39 is 32.5 Å². The van der Waals surface area contributed by atoms with E-state index in [1.807, 2.05) is 0 Å². The third kappa shape index (κ3) is 4.93. The normalized spacial score (nSPS) is 12.2. The van der Waals surface area contributed by atoms with E-state index in [2.05, 4.69) is 20.0 Å². The van der Waals surface area contributed by atoms with Crippen molar-refractivity contribution in [1.82, 2.24) is 24.5 Å². The summed E-state index contributed by atoms with van der Waals surface area (Å²) in [6.07, 6.45) is -4.82. The van der Waals surface area contributed by atoms with E-state index >= 15 is 0 Å². The Labute approximate surface area is 184 Å². The summed E-state index contributed by atoms with van der Waals surface area (Å²) in [6.45, 7) is -0.513. The number of halogens is 4. The lowest BCUT2D eigenvalue weighted by Crippen LogP contribution is -2.30. The largest absolute Gasteiger partial charge is 0.475 e. The number of rotatable bonds is 7. The SMILES string of the molecule is O=S(=O)(NCCOc1ccc2nnc(-c3ccc(F)cc3)n2n1)c1ccccc1C(F)(F)F. The number of ether oxygens (including phenoxy) is 1. The first-order valence-electron chi connectivity index (χ1n) is 9.42. The number of aromatic nitrogens is 4. The third-order valence-electron chi connectivity index (χ3n) is 4.47. The van der Waals surface area contributed by atoms with Crippen LogP contribution in [-0.4, -0.2) is 41.4 Å². The van der Waals surface area contributed by atoms with Crippen LogP contribution in [0.5, 0.6) is 5.88 Å². The molecule has 2 aromatic heterocycles. The number of hydrogen-bond acceptors (Lipinski definition) is 6. The zero-order chi connectivity index (χ0) is 23.6. The minimum atomic E-state index is -4.82. The summed E-state index contributed by atoms with van der Waals surface area (Å²) in [6, 6.07) is 12.5. The minimum absolute atomic E-state index is 0.0977. The van der Waals surface area contributed by atoms with Crippen LogP contribution in [0.4, 0.5) is 17.6 Å². The second-order valence-electron chi connectivity index (χ2n) is 6.71. The predicted octanol–water partition coefficient (Wildman–Crippen LogP) is 3.31. The quantitative estimate of drug-likeness (QED) is 0.321. The Balaban J connectivity index is 1.45. The van der Waals surface area contributed by atoms with Gasteiger partial charge in [0.2, 0.25) is 15.9 Å². The van der Waals surface area contributed by atoms with E-state index in [9.17, 15) is 26.0 Å². The van der Waals surface area contributed by atoms with Crippen LogP contribution in [0.3, 0.4) is 0 Å². The fourth-order valence-corrected chi connectivity index (χ4v) is 4.21. The van der Waals surface area contributed by atoms with Crippen molar-refractivity contribution in [1.29, 1.82) is 0 Å². The van der Waals surface area contributed by atoms with E-state index in [0.717, 1.165) is 12.1 Å². The number of nitrogens with one attached hydrogen (secondary N) is 1. The third-order valence-corrected chi connectivity index (χ3v) is 5.99. The number of alkyl halides is 3. The van der Waals surface area contributed by atoms with Gasteiger partial charge in [-0.3, -0.25) is 0 Å². The van der Waals surface area contributed by atoms with Crippen LogP contribution in [-0.2, 0) is 16.2 Å². The van der Waals surface area contributed by atoms with Crippen molar-refractivity contribution >= 4 is 15.7 Å². The van der Waals surface area contributed by atoms with Gasteiger partial charge in [0.1, 0.15) is 12.4 Å². The molecule has 0 amide bonds. The van der Waals surface area contributed by atoms with Crippen molar-refractivity contribution in [3.63, 3.8) is 0 Å². The first-order valence-corrected chi connectivity index (χ1v) is 10.9. The number of hydrogen-bond donors (Lipinski definition) is 1. The topological polar surface area (TPSA) is 98.5 Å². The van der Waals surface area contributed by atoms with Crippen LogP contribution in [0.15, 0.2) is 65.6 Å². The lowest BCUT2D eigenvalue weighted by atomic mass is 10.2. The molecular formula is C20H15F4N5O3S. The Morgan fingerprint density at radius 1 is 0.970 bits per heavy atom. The van der Waals surface area contributed by atoms with Crippen LogP contribution >= 0.6 is 0 Å². The standard InChI is InChI=1S/C20H15F4N5O3S/c21-14-7-5-13(6-8-14)19-27-26-17-9-10-18(28-29(17)19)32-12-11-25-33(30,31)16-4-2-1-3-15(16)20(22,23)24/h1-10,25H,11-12H2. The number of sulfonamides is 1. The molecule has 0 atom stereocenters. The first kappa shape index (κ1) is 22.6. The highest BCUT2D eigenvalue weighted by atomic mass is 32.2. The van der Waals surface area contributed by atoms with E-state index in [1.165, 1.54) is 40.9 Å². The fourth-order valence-electron chi connectivity index (χ4n) is 2.97. The molecule has 33 heavy (non-hydrogen) atoms. The van der Waals surface area contributed by atoms with Crippen molar-refractivity contribution in [2.24, 2.45) is 0 Å². The van der Waals surface area contributed by atoms with Gasteiger partial charge in [-0.2, -0.15) is 17.7 Å². The summed E-state index contributed by atoms with van der Waals surface area (Å²) in [5.74, 6) is 0.0188. The highest BCUT2D eigenvalue weighted by Gasteiger charge is 2.36. The lowest BCUT2D eigenvalue weighted by Gasteiger charge is -2.13. The molecule has 0 saturated carbocycles. The summed E-state index contributed by atoms with van der Waals surface area (Å²) in [4.78, 5) is -0.870. The molecule has 0 unspecified atom stereocenters. The molecule has 0 radical (unpaired) electrons. The van der Waals surface area contributed by atoms with Gasteiger partial charge in [0, 0.05) is 18.2 Å². The van der Waals surface area contributed by atoms with Crippen molar-refractivity contribution in [2.45, 2.75) is 11.1 Å². The maximum absolute atomic E-state index is 13.2. The van der Waals surface area contributed by atoms with E-state index in [-0.39, 0.29) is 19.0 Å². The number of fused-ring (bicyclic) bond motifs is 1. The Morgan fingerprint density at radius 3 is 2.42 bits per heavy atom. The van der Waals surface area contributed by atoms with Gasteiger partial charge in [-0.15, -0.1) is 15.3 Å². The molecule has 0 aliphatic rings. The molecule has 172 valence electrons. The second kappa shape index (κ2) is 8.75. The van der Waals surface area contributed by atoms with E-state index in [4.69, 9.17) is 4.74 Å². The second-order valence-corrected chi connectivity index (χ2v) is 8.45. The minimum Gasteiger partial charge on any atom is -0.475 e. The van der Waals surface area contributed by atoms with E-state index in [0.29, 0.717) is 23.1 Å². The Kier molecular flexibility index (Phi) is 5.99. The van der Waals surface area contributed by atoms with Crippen LogP contribution in [0.1, 0.15) is 5.56 Å². The lowest BCUT2D eigenvalue weighted by molar-refractivity contribution is -0.139. The summed E-state index contributed by atoms with van der Waals surface area (Å²) in [7, 11) is -4.43. The maximum Gasteiger partial charge on any atom is 0.417 e. The predicted molar refractivity (Wildman–Crippen MR) is 108 cm³/mol. The highest BCUT2D eigenvalue weighted by Crippen LogP contribution is 2.33. The Morgan fingerprint density at radius 2 is 1.70 bits per heavy atom. The molecule has 8 nitrogen and oxygen atoms in total. The first-order chi connectivity index (χ1) is 15.6. The van der Waals surface area contributed by atoms with Gasteiger partial charge < -0.3 is 4.74 Å². The van der Waals surface area contributed by atoms with Crippen LogP contribution in [0.25, 0.3) is 17.0 Å². The summed E-state index contributed by atoms with van der Waals surface area (Å²) in [5.41, 5.74) is -0.303. The molecule has 0 fully saturated rings. The molecule has 13 heteroatoms. The highest BCUT2D eigenvalue weighted by molar-refractivity contribution is 7.89.